The number of thioether (sulfide) groups is 2. The summed E-state index contributed by atoms with van der Waals surface area (Å²) in [5.74, 6) is -125. The smallest absolute Gasteiger partial charge is 0.396 e. The molecule has 0 bridgehead atoms. The van der Waals surface area contributed by atoms with E-state index in [4.69, 9.17) is 4.89 Å². The molecule has 0 saturated heterocycles. The Morgan fingerprint density at radius 2 is 0.588 bits per heavy atom. The number of aliphatic hydroxyl groups excluding tert-OH is 1. The van der Waals surface area contributed by atoms with Crippen LogP contribution in [0.5, 0.6) is 0 Å². The summed E-state index contributed by atoms with van der Waals surface area (Å²) in [6.07, 6.45) is -24.1. The van der Waals surface area contributed by atoms with Gasteiger partial charge in [-0.2, -0.15) is 149 Å². The van der Waals surface area contributed by atoms with Crippen LogP contribution in [0.25, 0.3) is 0 Å². The molecule has 0 heterocycles. The molecule has 408 valence electrons. The molecule has 0 rings (SSSR count). The zero-order chi connectivity index (χ0) is 55.6. The molecule has 68 heavy (non-hydrogen) atoms. The number of alkyl halides is 36. The summed E-state index contributed by atoms with van der Waals surface area (Å²) in [7, 11) is -4.17. The van der Waals surface area contributed by atoms with Crippen LogP contribution in [0, 0.1) is 5.41 Å². The maximum absolute atomic E-state index is 14.5. The predicted octanol–water partition coefficient (Wildman–Crippen LogP) is 13.5. The van der Waals surface area contributed by atoms with Gasteiger partial charge in [0.05, 0.1) is 19.4 Å². The molecule has 4 nitrogen and oxygen atoms in total. The van der Waals surface area contributed by atoms with Gasteiger partial charge in [-0.15, -0.1) is 32.9 Å². The lowest BCUT2D eigenvalue weighted by Crippen LogP contribution is -2.74. The second-order valence-electron chi connectivity index (χ2n) is 13.3. The number of aliphatic hydroxyl groups is 1. The molecule has 0 aromatic heterocycles. The van der Waals surface area contributed by atoms with Crippen LogP contribution < -0.4 is 0 Å². The van der Waals surface area contributed by atoms with Crippen LogP contribution in [0.2, 0.25) is 0 Å². The first-order valence-electron chi connectivity index (χ1n) is 15.5. The van der Waals surface area contributed by atoms with E-state index in [1.807, 2.05) is 0 Å². The summed E-state index contributed by atoms with van der Waals surface area (Å²) >= 11 is -2.69. The van der Waals surface area contributed by atoms with Crippen LogP contribution in [0.4, 0.5) is 158 Å². The minimum atomic E-state index is -9.14. The third-order valence-corrected chi connectivity index (χ3v) is 11.3. The highest BCUT2D eigenvalue weighted by molar-refractivity contribution is 8.00. The SMILES string of the molecule is O=[P+](O)OCC(CO)(CSC(F)CC(F)(F)C(F)(F)C(F)(F)C(F)(F)C(F)(F)C(F)(F)C(F)(F)C(F)(F)F)CSC(F)CC(F)(F)C(F)(F)C(F)(F)C(F)(F)C(F)(F)C(F)(F)C(F)(F)C(F)(F)F. The van der Waals surface area contributed by atoms with Gasteiger partial charge in [0.15, 0.2) is 11.0 Å². The van der Waals surface area contributed by atoms with Crippen LogP contribution in [-0.2, 0) is 9.09 Å². The van der Waals surface area contributed by atoms with Crippen LogP contribution >= 0.6 is 31.8 Å². The first kappa shape index (κ1) is 66.2. The van der Waals surface area contributed by atoms with Crippen LogP contribution in [-0.4, -0.2) is 141 Å². The fourth-order valence-electron chi connectivity index (χ4n) is 4.16. The molecule has 0 saturated carbocycles. The molecule has 3 unspecified atom stereocenters. The molecule has 43 heteroatoms. The number of hydrogen-bond donors (Lipinski definition) is 2. The van der Waals surface area contributed by atoms with E-state index < -0.39 is 181 Å². The minimum absolute atomic E-state index is 1.34. The van der Waals surface area contributed by atoms with Gasteiger partial charge >= 0.3 is 104 Å². The van der Waals surface area contributed by atoms with E-state index in [1.165, 1.54) is 0 Å². The Morgan fingerprint density at radius 1 is 0.382 bits per heavy atom. The summed E-state index contributed by atoms with van der Waals surface area (Å²) in [5, 5.41) is 9.59. The van der Waals surface area contributed by atoms with Gasteiger partial charge in [-0.1, -0.05) is 0 Å². The Kier molecular flexibility index (Phi) is 18.7. The molecular weight excluding hydrogens is 1140 g/mol. The van der Waals surface area contributed by atoms with E-state index in [2.05, 4.69) is 4.52 Å². The Bertz CT molecular complexity index is 1620. The van der Waals surface area contributed by atoms with Crippen molar-refractivity contribution in [1.29, 1.82) is 0 Å². The third kappa shape index (κ3) is 10.6. The summed E-state index contributed by atoms with van der Waals surface area (Å²) in [5.41, 5.74) is -11.9. The largest absolute Gasteiger partial charge is 0.694 e. The van der Waals surface area contributed by atoms with Gasteiger partial charge in [-0.05, 0) is 0 Å². The Morgan fingerprint density at radius 3 is 0.779 bits per heavy atom. The highest BCUT2D eigenvalue weighted by atomic mass is 32.2. The Labute approximate surface area is 358 Å². The Balaban J connectivity index is 6.73. The molecule has 0 spiro atoms. The molecule has 2 N–H and O–H groups in total. The standard InChI is InChI=1S/C25H15F36O4PS2/c26-7(1-10(28,29)12(32,33)14(36,37)16(40,41)18(44,45)20(48,49)22(52,53)24(56,57)58)67-5-9(3-62,4-65-66(63)64)6-68-8(27)2-11(30,31)13(34,35)15(38,39)17(42,43)19(46,47)21(50,51)23(54,55)25(59,60)61/h7-8,62H,1-6H2/p+1. The highest BCUT2D eigenvalue weighted by Gasteiger charge is 2.97. The van der Waals surface area contributed by atoms with E-state index in [9.17, 15) is 168 Å². The molecule has 0 fully saturated rings. The van der Waals surface area contributed by atoms with Crippen molar-refractivity contribution in [1.82, 2.24) is 0 Å². The molecule has 0 aromatic carbocycles. The average molecular weight is 1160 g/mol. The Hall–Kier alpha value is -1.84. The first-order chi connectivity index (χ1) is 29.2. The number of rotatable bonds is 26. The van der Waals surface area contributed by atoms with E-state index in [0.29, 0.717) is 0 Å². The maximum atomic E-state index is 14.5. The van der Waals surface area contributed by atoms with Gasteiger partial charge < -0.3 is 5.11 Å². The van der Waals surface area contributed by atoms with Crippen molar-refractivity contribution in [3.8, 4) is 0 Å². The molecule has 0 amide bonds. The van der Waals surface area contributed by atoms with Crippen LogP contribution in [0.1, 0.15) is 12.8 Å². The summed E-state index contributed by atoms with van der Waals surface area (Å²) in [4.78, 5) is 8.74. The number of hydrogen-bond acceptors (Lipinski definition) is 5. The molecule has 0 aliphatic carbocycles. The molecule has 0 aromatic rings. The molecule has 0 aliphatic rings. The molecule has 3 atom stereocenters. The van der Waals surface area contributed by atoms with E-state index in [-0.39, 0.29) is 0 Å². The van der Waals surface area contributed by atoms with E-state index in [1.54, 1.807) is 0 Å². The molecule has 0 aliphatic heterocycles. The van der Waals surface area contributed by atoms with Crippen molar-refractivity contribution in [2.75, 3.05) is 24.7 Å². The number of halogens is 36. The van der Waals surface area contributed by atoms with E-state index >= 15 is 0 Å². The lowest BCUT2D eigenvalue weighted by atomic mass is 9.88. The van der Waals surface area contributed by atoms with Crippen molar-refractivity contribution in [2.24, 2.45) is 5.41 Å². The normalized spacial score (nSPS) is 18.1. The van der Waals surface area contributed by atoms with Crippen molar-refractivity contribution in [3.05, 3.63) is 0 Å². The zero-order valence-electron chi connectivity index (χ0n) is 30.5. The minimum Gasteiger partial charge on any atom is -0.396 e. The average Bonchev–Trinajstić information content (AvgIpc) is 3.12. The van der Waals surface area contributed by atoms with Crippen LogP contribution in [0.15, 0.2) is 0 Å². The fraction of sp³-hybridized carbons (Fsp3) is 1.00. The van der Waals surface area contributed by atoms with E-state index in [0.717, 1.165) is 0 Å². The quantitative estimate of drug-likeness (QED) is 0.0665. The van der Waals surface area contributed by atoms with Gasteiger partial charge in [0.1, 0.15) is 6.61 Å². The predicted molar refractivity (Wildman–Crippen MR) is 151 cm³/mol. The molecular formula is C25H16F36O4PS2+. The third-order valence-electron chi connectivity index (χ3n) is 8.37. The van der Waals surface area contributed by atoms with Gasteiger partial charge in [0, 0.05) is 21.5 Å². The fourth-order valence-corrected chi connectivity index (χ4v) is 6.95. The lowest BCUT2D eigenvalue weighted by molar-refractivity contribution is -0.462. The van der Waals surface area contributed by atoms with Gasteiger partial charge in [-0.3, -0.25) is 0 Å². The topological polar surface area (TPSA) is 66.8 Å². The zero-order valence-corrected chi connectivity index (χ0v) is 33.0. The van der Waals surface area contributed by atoms with Gasteiger partial charge in [0.2, 0.25) is 0 Å². The highest BCUT2D eigenvalue weighted by Crippen LogP contribution is 2.66. The summed E-state index contributed by atoms with van der Waals surface area (Å²) in [6.45, 7) is -4.12. The van der Waals surface area contributed by atoms with Crippen molar-refractivity contribution < 1.29 is 177 Å². The first-order valence-corrected chi connectivity index (χ1v) is 18.7. The second kappa shape index (κ2) is 19.2. The lowest BCUT2D eigenvalue weighted by Gasteiger charge is -2.43. The van der Waals surface area contributed by atoms with Crippen molar-refractivity contribution in [2.45, 2.75) is 119 Å². The summed E-state index contributed by atoms with van der Waals surface area (Å²) < 4.78 is 502. The monoisotopic (exact) mass is 1160 g/mol. The second-order valence-corrected chi connectivity index (χ2v) is 16.3. The van der Waals surface area contributed by atoms with Gasteiger partial charge in [-0.25, -0.2) is 8.78 Å². The maximum Gasteiger partial charge on any atom is 0.694 e. The molecule has 0 radical (unpaired) electrons. The van der Waals surface area contributed by atoms with Crippen LogP contribution in [0.3, 0.4) is 0 Å². The van der Waals surface area contributed by atoms with Gasteiger partial charge in [0.25, 0.3) is 0 Å². The van der Waals surface area contributed by atoms with Crippen molar-refractivity contribution in [3.63, 3.8) is 0 Å². The summed E-state index contributed by atoms with van der Waals surface area (Å²) in [6, 6.07) is 0. The van der Waals surface area contributed by atoms with Crippen molar-refractivity contribution >= 4 is 31.8 Å².